The van der Waals surface area contributed by atoms with E-state index in [-0.39, 0.29) is 12.1 Å². The zero-order valence-corrected chi connectivity index (χ0v) is 8.34. The molecule has 0 aliphatic carbocycles. The number of hydrogen-bond donors (Lipinski definition) is 1. The van der Waals surface area contributed by atoms with Crippen molar-refractivity contribution in [1.29, 1.82) is 0 Å². The zero-order chi connectivity index (χ0) is 12.3. The van der Waals surface area contributed by atoms with E-state index in [1.54, 1.807) is 0 Å². The number of alkyl halides is 2. The molecular formula is C9H9F3N2O2. The molecule has 7 heteroatoms. The second-order valence-electron chi connectivity index (χ2n) is 2.94. The third kappa shape index (κ3) is 2.41. The van der Waals surface area contributed by atoms with Gasteiger partial charge in [-0.25, -0.2) is 13.2 Å². The molecule has 1 aromatic rings. The van der Waals surface area contributed by atoms with E-state index in [4.69, 9.17) is 5.73 Å². The van der Waals surface area contributed by atoms with E-state index in [0.717, 1.165) is 7.11 Å². The van der Waals surface area contributed by atoms with Crippen LogP contribution in [0.3, 0.4) is 0 Å². The summed E-state index contributed by atoms with van der Waals surface area (Å²) in [6.07, 6.45) is -2.70. The zero-order valence-electron chi connectivity index (χ0n) is 8.34. The van der Waals surface area contributed by atoms with Gasteiger partial charge >= 0.3 is 5.97 Å². The van der Waals surface area contributed by atoms with Crippen molar-refractivity contribution < 1.29 is 22.7 Å². The molecule has 0 bridgehead atoms. The Kier molecular flexibility index (Phi) is 3.70. The summed E-state index contributed by atoms with van der Waals surface area (Å²) in [6.45, 7) is 0. The number of aromatic nitrogens is 1. The molecule has 0 aliphatic heterocycles. The van der Waals surface area contributed by atoms with E-state index in [1.807, 2.05) is 0 Å². The molecule has 0 fully saturated rings. The van der Waals surface area contributed by atoms with Crippen LogP contribution in [0.1, 0.15) is 17.7 Å². The Hall–Kier alpha value is -1.79. The van der Waals surface area contributed by atoms with Crippen molar-refractivity contribution >= 4 is 11.7 Å². The molecule has 0 saturated carbocycles. The Labute approximate surface area is 89.2 Å². The van der Waals surface area contributed by atoms with Crippen LogP contribution in [-0.2, 0) is 16.0 Å². The van der Waals surface area contributed by atoms with E-state index < -0.39 is 29.5 Å². The summed E-state index contributed by atoms with van der Waals surface area (Å²) in [5.41, 5.74) is 3.69. The number of anilines is 1. The van der Waals surface area contributed by atoms with Gasteiger partial charge in [-0.3, -0.25) is 9.78 Å². The molecule has 0 atom stereocenters. The fourth-order valence-electron chi connectivity index (χ4n) is 1.06. The number of nitrogen functional groups attached to an aromatic ring is 1. The lowest BCUT2D eigenvalue weighted by molar-refractivity contribution is -0.139. The molecule has 0 saturated heterocycles. The van der Waals surface area contributed by atoms with E-state index >= 15 is 0 Å². The minimum atomic E-state index is -3.00. The Bertz CT molecular complexity index is 410. The van der Waals surface area contributed by atoms with E-state index in [9.17, 15) is 18.0 Å². The van der Waals surface area contributed by atoms with Crippen LogP contribution in [0.2, 0.25) is 0 Å². The summed E-state index contributed by atoms with van der Waals surface area (Å²) in [7, 11) is 1.14. The lowest BCUT2D eigenvalue weighted by Gasteiger charge is -2.08. The number of rotatable bonds is 3. The Morgan fingerprint density at radius 2 is 2.25 bits per heavy atom. The highest BCUT2D eigenvalue weighted by molar-refractivity contribution is 5.74. The maximum atomic E-state index is 13.3. The van der Waals surface area contributed by atoms with Gasteiger partial charge in [0.15, 0.2) is 5.82 Å². The van der Waals surface area contributed by atoms with Crippen LogP contribution in [0.5, 0.6) is 0 Å². The monoisotopic (exact) mass is 234 g/mol. The molecule has 0 amide bonds. The first-order chi connectivity index (χ1) is 7.47. The fourth-order valence-corrected chi connectivity index (χ4v) is 1.06. The normalized spacial score (nSPS) is 10.6. The molecule has 16 heavy (non-hydrogen) atoms. The van der Waals surface area contributed by atoms with Crippen LogP contribution in [0, 0.1) is 5.82 Å². The van der Waals surface area contributed by atoms with Gasteiger partial charge in [-0.05, 0) is 0 Å². The molecule has 1 rings (SSSR count). The average Bonchev–Trinajstić information content (AvgIpc) is 2.24. The van der Waals surface area contributed by atoms with E-state index in [1.165, 1.54) is 0 Å². The Balaban J connectivity index is 3.07. The minimum absolute atomic E-state index is 0.117. The lowest BCUT2D eigenvalue weighted by Crippen LogP contribution is -2.11. The molecule has 1 heterocycles. The van der Waals surface area contributed by atoms with Gasteiger partial charge in [-0.2, -0.15) is 0 Å². The highest BCUT2D eigenvalue weighted by atomic mass is 19.3. The van der Waals surface area contributed by atoms with Crippen molar-refractivity contribution in [3.8, 4) is 0 Å². The minimum Gasteiger partial charge on any atom is -0.469 e. The summed E-state index contributed by atoms with van der Waals surface area (Å²) < 4.78 is 42.1. The van der Waals surface area contributed by atoms with Crippen LogP contribution >= 0.6 is 0 Å². The van der Waals surface area contributed by atoms with E-state index in [0.29, 0.717) is 6.20 Å². The number of methoxy groups -OCH3 is 1. The number of halogens is 3. The molecule has 0 unspecified atom stereocenters. The van der Waals surface area contributed by atoms with Gasteiger partial charge < -0.3 is 10.5 Å². The van der Waals surface area contributed by atoms with Crippen molar-refractivity contribution in [3.05, 3.63) is 23.3 Å². The second-order valence-corrected chi connectivity index (χ2v) is 2.94. The maximum Gasteiger partial charge on any atom is 0.311 e. The van der Waals surface area contributed by atoms with Gasteiger partial charge in [0.05, 0.1) is 30.5 Å². The van der Waals surface area contributed by atoms with Gasteiger partial charge in [0.1, 0.15) is 0 Å². The number of hydrogen-bond acceptors (Lipinski definition) is 4. The number of esters is 1. The lowest BCUT2D eigenvalue weighted by atomic mass is 10.1. The quantitative estimate of drug-likeness (QED) is 0.804. The first-order valence-electron chi connectivity index (χ1n) is 4.25. The Morgan fingerprint density at radius 3 is 2.75 bits per heavy atom. The molecule has 2 N–H and O–H groups in total. The molecule has 0 radical (unpaired) electrons. The number of nitrogens with zero attached hydrogens (tertiary/aromatic N) is 1. The fraction of sp³-hybridized carbons (Fsp3) is 0.333. The number of carbonyl (C=O) groups excluding carboxylic acids is 1. The van der Waals surface area contributed by atoms with Crippen molar-refractivity contribution in [3.63, 3.8) is 0 Å². The maximum absolute atomic E-state index is 13.3. The summed E-state index contributed by atoms with van der Waals surface area (Å²) in [6, 6.07) is 0. The van der Waals surface area contributed by atoms with Gasteiger partial charge in [0.2, 0.25) is 0 Å². The smallest absolute Gasteiger partial charge is 0.311 e. The molecule has 0 aromatic carbocycles. The van der Waals surface area contributed by atoms with Crippen LogP contribution in [-0.4, -0.2) is 18.1 Å². The average molecular weight is 234 g/mol. The predicted molar refractivity (Wildman–Crippen MR) is 49.3 cm³/mol. The van der Waals surface area contributed by atoms with Gasteiger partial charge in [-0.15, -0.1) is 0 Å². The predicted octanol–water partition coefficient (Wildman–Crippen LogP) is 1.46. The van der Waals surface area contributed by atoms with Gasteiger partial charge in [0, 0.05) is 6.20 Å². The third-order valence-corrected chi connectivity index (χ3v) is 1.93. The SMILES string of the molecule is COC(=O)Cc1ncc(C(F)F)c(F)c1N. The van der Waals surface area contributed by atoms with Crippen LogP contribution in [0.4, 0.5) is 18.9 Å². The summed E-state index contributed by atoms with van der Waals surface area (Å²) >= 11 is 0. The van der Waals surface area contributed by atoms with Crippen LogP contribution in [0.25, 0.3) is 0 Å². The molecule has 0 aliphatic rings. The number of nitrogens with two attached hydrogens (primary N) is 1. The molecule has 1 aromatic heterocycles. The topological polar surface area (TPSA) is 65.2 Å². The largest absolute Gasteiger partial charge is 0.469 e. The van der Waals surface area contributed by atoms with Crippen molar-refractivity contribution in [2.45, 2.75) is 12.8 Å². The van der Waals surface area contributed by atoms with Gasteiger partial charge in [-0.1, -0.05) is 0 Å². The first kappa shape index (κ1) is 12.3. The van der Waals surface area contributed by atoms with Crippen molar-refractivity contribution in [2.24, 2.45) is 0 Å². The van der Waals surface area contributed by atoms with Crippen LogP contribution < -0.4 is 5.73 Å². The highest BCUT2D eigenvalue weighted by Crippen LogP contribution is 2.26. The number of ether oxygens (including phenoxy) is 1. The van der Waals surface area contributed by atoms with Crippen LogP contribution in [0.15, 0.2) is 6.20 Å². The Morgan fingerprint density at radius 1 is 1.62 bits per heavy atom. The molecule has 0 spiro atoms. The molecular weight excluding hydrogens is 225 g/mol. The second kappa shape index (κ2) is 4.82. The third-order valence-electron chi connectivity index (χ3n) is 1.93. The summed E-state index contributed by atoms with van der Waals surface area (Å²) in [5, 5.41) is 0. The highest BCUT2D eigenvalue weighted by Gasteiger charge is 2.20. The number of pyridine rings is 1. The first-order valence-corrected chi connectivity index (χ1v) is 4.25. The van der Waals surface area contributed by atoms with E-state index in [2.05, 4.69) is 9.72 Å². The van der Waals surface area contributed by atoms with Crippen molar-refractivity contribution in [2.75, 3.05) is 12.8 Å². The standard InChI is InChI=1S/C9H9F3N2O2/c1-16-6(15)2-5-8(13)7(10)4(3-14-5)9(11)12/h3,9H,2,13H2,1H3. The summed E-state index contributed by atoms with van der Waals surface area (Å²) in [5.74, 6) is -1.92. The molecule has 88 valence electrons. The molecule has 4 nitrogen and oxygen atoms in total. The summed E-state index contributed by atoms with van der Waals surface area (Å²) in [4.78, 5) is 14.4. The van der Waals surface area contributed by atoms with Gasteiger partial charge in [0.25, 0.3) is 6.43 Å². The van der Waals surface area contributed by atoms with Crippen molar-refractivity contribution in [1.82, 2.24) is 4.98 Å². The number of carbonyl (C=O) groups is 1.